The van der Waals surface area contributed by atoms with Gasteiger partial charge >= 0.3 is 0 Å². The lowest BCUT2D eigenvalue weighted by Crippen LogP contribution is -2.37. The first-order valence-corrected chi connectivity index (χ1v) is 8.35. The number of phosphoric acid groups is 1. The summed E-state index contributed by atoms with van der Waals surface area (Å²) in [6.45, 7) is 2.13. The smallest absolute Gasteiger partial charge is 0.262 e. The van der Waals surface area contributed by atoms with Crippen molar-refractivity contribution in [3.05, 3.63) is 71.8 Å². The van der Waals surface area contributed by atoms with Crippen molar-refractivity contribution in [1.29, 1.82) is 0 Å². The molecule has 0 amide bonds. The molecular formula is C16H22NO4P. The molecule has 2 aromatic carbocycles. The summed E-state index contributed by atoms with van der Waals surface area (Å²) in [6.07, 6.45) is 0. The largest absolute Gasteiger partial charge is 0.756 e. The van der Waals surface area contributed by atoms with Crippen molar-refractivity contribution < 1.29 is 23.7 Å². The standard InChI is InChI=1S/C16H20N.H3O4P/c1-17(2,13-15-9-5-3-6-10-15)14-16-11-7-4-8-12-16;1-5(2,3)4/h3-12H,13-14H2,1-2H3;(H3,1,2,3,4)/q+1;/p-1. The van der Waals surface area contributed by atoms with Gasteiger partial charge in [-0.05, 0) is 0 Å². The Morgan fingerprint density at radius 1 is 0.864 bits per heavy atom. The Morgan fingerprint density at radius 3 is 1.41 bits per heavy atom. The van der Waals surface area contributed by atoms with Crippen LogP contribution in [0.1, 0.15) is 11.1 Å². The molecule has 0 aliphatic heterocycles. The van der Waals surface area contributed by atoms with Crippen LogP contribution >= 0.6 is 7.82 Å². The first kappa shape index (κ1) is 18.6. The Balaban J connectivity index is 0.000000422. The second-order valence-corrected chi connectivity index (χ2v) is 6.69. The topological polar surface area (TPSA) is 80.6 Å². The molecule has 2 rings (SSSR count). The van der Waals surface area contributed by atoms with E-state index in [1.807, 2.05) is 0 Å². The molecule has 2 N–H and O–H groups in total. The van der Waals surface area contributed by atoms with Gasteiger partial charge in [0.05, 0.1) is 14.1 Å². The first-order chi connectivity index (χ1) is 10.2. The van der Waals surface area contributed by atoms with Gasteiger partial charge in [-0.15, -0.1) is 0 Å². The molecule has 0 unspecified atom stereocenters. The lowest BCUT2D eigenvalue weighted by molar-refractivity contribution is -0.916. The summed E-state index contributed by atoms with van der Waals surface area (Å²) in [6, 6.07) is 21.4. The van der Waals surface area contributed by atoms with Crippen LogP contribution in [0.15, 0.2) is 60.7 Å². The van der Waals surface area contributed by atoms with Crippen LogP contribution in [0.2, 0.25) is 0 Å². The Morgan fingerprint density at radius 2 is 1.14 bits per heavy atom. The third-order valence-electron chi connectivity index (χ3n) is 2.91. The Hall–Kier alpha value is -1.49. The van der Waals surface area contributed by atoms with E-state index in [0.29, 0.717) is 0 Å². The average Bonchev–Trinajstić information content (AvgIpc) is 2.38. The summed E-state index contributed by atoms with van der Waals surface area (Å²) in [5.41, 5.74) is 2.79. The van der Waals surface area contributed by atoms with Crippen LogP contribution in [0.5, 0.6) is 0 Å². The molecule has 0 aliphatic rings. The lowest BCUT2D eigenvalue weighted by atomic mass is 10.1. The zero-order chi connectivity index (χ0) is 16.6. The fourth-order valence-corrected chi connectivity index (χ4v) is 2.21. The van der Waals surface area contributed by atoms with Crippen LogP contribution in [0.3, 0.4) is 0 Å². The normalized spacial score (nSPS) is 11.5. The van der Waals surface area contributed by atoms with Gasteiger partial charge in [-0.25, -0.2) is 0 Å². The molecule has 6 heteroatoms. The van der Waals surface area contributed by atoms with Crippen molar-refractivity contribution in [3.63, 3.8) is 0 Å². The molecule has 0 bridgehead atoms. The molecule has 0 radical (unpaired) electrons. The van der Waals surface area contributed by atoms with Crippen LogP contribution in [-0.2, 0) is 17.7 Å². The number of nitrogens with zero attached hydrogens (tertiary/aromatic N) is 1. The van der Waals surface area contributed by atoms with Crippen LogP contribution in [0, 0.1) is 0 Å². The van der Waals surface area contributed by atoms with E-state index < -0.39 is 7.82 Å². The molecular weight excluding hydrogens is 301 g/mol. The molecule has 0 atom stereocenters. The van der Waals surface area contributed by atoms with Crippen molar-refractivity contribution in [2.75, 3.05) is 14.1 Å². The molecule has 0 heterocycles. The van der Waals surface area contributed by atoms with E-state index in [0.717, 1.165) is 17.6 Å². The van der Waals surface area contributed by atoms with E-state index in [-0.39, 0.29) is 0 Å². The molecule has 0 saturated heterocycles. The highest BCUT2D eigenvalue weighted by Crippen LogP contribution is 2.19. The number of hydrogen-bond acceptors (Lipinski definition) is 2. The van der Waals surface area contributed by atoms with E-state index >= 15 is 0 Å². The van der Waals surface area contributed by atoms with Gasteiger partial charge < -0.3 is 19.2 Å². The summed E-state index contributed by atoms with van der Waals surface area (Å²) in [4.78, 5) is 22.9. The zero-order valence-corrected chi connectivity index (χ0v) is 13.7. The summed E-state index contributed by atoms with van der Waals surface area (Å²) in [5, 5.41) is 0. The molecule has 0 fully saturated rings. The third-order valence-corrected chi connectivity index (χ3v) is 2.91. The van der Waals surface area contributed by atoms with Gasteiger partial charge in [-0.2, -0.15) is 0 Å². The average molecular weight is 323 g/mol. The quantitative estimate of drug-likeness (QED) is 0.665. The van der Waals surface area contributed by atoms with Crippen LogP contribution in [0.25, 0.3) is 0 Å². The maximum atomic E-state index is 8.77. The first-order valence-electron chi connectivity index (χ1n) is 6.82. The highest BCUT2D eigenvalue weighted by Gasteiger charge is 2.16. The van der Waals surface area contributed by atoms with Crippen molar-refractivity contribution in [3.8, 4) is 0 Å². The highest BCUT2D eigenvalue weighted by atomic mass is 31.2. The van der Waals surface area contributed by atoms with Gasteiger partial charge in [-0.3, -0.25) is 4.57 Å². The minimum Gasteiger partial charge on any atom is -0.756 e. The number of quaternary nitrogens is 1. The molecule has 120 valence electrons. The minimum atomic E-state index is -4.89. The fraction of sp³-hybridized carbons (Fsp3) is 0.250. The molecule has 5 nitrogen and oxygen atoms in total. The number of rotatable bonds is 4. The van der Waals surface area contributed by atoms with E-state index in [1.165, 1.54) is 11.1 Å². The summed E-state index contributed by atoms with van der Waals surface area (Å²) < 4.78 is 9.75. The maximum absolute atomic E-state index is 8.77. The predicted molar refractivity (Wildman–Crippen MR) is 84.4 cm³/mol. The number of hydrogen-bond donors (Lipinski definition) is 2. The van der Waals surface area contributed by atoms with Gasteiger partial charge in [0.25, 0.3) is 7.82 Å². The van der Waals surface area contributed by atoms with Crippen LogP contribution in [-0.4, -0.2) is 28.4 Å². The second-order valence-electron chi connectivity index (χ2n) is 5.71. The highest BCUT2D eigenvalue weighted by molar-refractivity contribution is 7.43. The van der Waals surface area contributed by atoms with Crippen LogP contribution in [0.4, 0.5) is 0 Å². The van der Waals surface area contributed by atoms with Crippen molar-refractivity contribution in [1.82, 2.24) is 0 Å². The fourth-order valence-electron chi connectivity index (χ4n) is 2.21. The van der Waals surface area contributed by atoms with Crippen molar-refractivity contribution in [2.24, 2.45) is 0 Å². The molecule has 0 aromatic heterocycles. The van der Waals surface area contributed by atoms with E-state index in [1.54, 1.807) is 0 Å². The van der Waals surface area contributed by atoms with E-state index in [9.17, 15) is 0 Å². The summed E-state index contributed by atoms with van der Waals surface area (Å²) in [5.74, 6) is 0. The zero-order valence-electron chi connectivity index (χ0n) is 12.8. The van der Waals surface area contributed by atoms with Gasteiger partial charge in [0.2, 0.25) is 0 Å². The third kappa shape index (κ3) is 9.45. The molecule has 22 heavy (non-hydrogen) atoms. The maximum Gasteiger partial charge on any atom is 0.262 e. The Bertz CT molecular complexity index is 544. The summed E-state index contributed by atoms with van der Waals surface area (Å²) >= 11 is 0. The second kappa shape index (κ2) is 8.22. The monoisotopic (exact) mass is 323 g/mol. The lowest BCUT2D eigenvalue weighted by Gasteiger charge is -2.30. The van der Waals surface area contributed by atoms with E-state index in [2.05, 4.69) is 74.8 Å². The van der Waals surface area contributed by atoms with Gasteiger partial charge in [0.1, 0.15) is 13.1 Å². The van der Waals surface area contributed by atoms with Crippen molar-refractivity contribution in [2.45, 2.75) is 13.1 Å². The molecule has 2 aromatic rings. The molecule has 0 saturated carbocycles. The van der Waals surface area contributed by atoms with Crippen LogP contribution < -0.4 is 4.89 Å². The van der Waals surface area contributed by atoms with Gasteiger partial charge in [0.15, 0.2) is 0 Å². The molecule has 0 spiro atoms. The number of benzene rings is 2. The van der Waals surface area contributed by atoms with Gasteiger partial charge in [-0.1, -0.05) is 60.7 Å². The van der Waals surface area contributed by atoms with Crippen molar-refractivity contribution >= 4 is 7.82 Å². The van der Waals surface area contributed by atoms with E-state index in [4.69, 9.17) is 19.2 Å². The predicted octanol–water partition coefficient (Wildman–Crippen LogP) is 1.90. The Kier molecular flexibility index (Phi) is 6.94. The Labute approximate surface area is 131 Å². The minimum absolute atomic E-state index is 0.980. The SMILES string of the molecule is C[N+](C)(Cc1ccccc1)Cc1ccccc1.O=P([O-])(O)O. The molecule has 0 aliphatic carbocycles. The summed E-state index contributed by atoms with van der Waals surface area (Å²) in [7, 11) is -0.333. The van der Waals surface area contributed by atoms with Gasteiger partial charge in [0, 0.05) is 11.1 Å².